The monoisotopic (exact) mass is 371 g/mol. The molecule has 0 aliphatic carbocycles. The molecule has 3 heterocycles. The first-order valence-electron chi connectivity index (χ1n) is 7.58. The summed E-state index contributed by atoms with van der Waals surface area (Å²) >= 11 is 0.984. The molecule has 3 rings (SSSR count). The molecular weight excluding hydrogens is 355 g/mol. The molecule has 0 fully saturated rings. The minimum atomic E-state index is -4.56. The molecule has 0 unspecified atom stereocenters. The van der Waals surface area contributed by atoms with Crippen molar-refractivity contribution in [2.45, 2.75) is 32.6 Å². The lowest BCUT2D eigenvalue weighted by molar-refractivity contribution is -0.140. The van der Waals surface area contributed by atoms with Gasteiger partial charge in [-0.05, 0) is 26.0 Å². The van der Waals surface area contributed by atoms with Crippen LogP contribution in [0.4, 0.5) is 13.2 Å². The van der Waals surface area contributed by atoms with E-state index in [1.165, 1.54) is 13.1 Å². The van der Waals surface area contributed by atoms with Gasteiger partial charge in [-0.25, -0.2) is 0 Å². The second-order valence-corrected chi connectivity index (χ2v) is 6.60. The van der Waals surface area contributed by atoms with Gasteiger partial charge >= 0.3 is 6.18 Å². The van der Waals surface area contributed by atoms with E-state index in [4.69, 9.17) is 0 Å². The maximum Gasteiger partial charge on any atom is 0.435 e. The number of nitrogens with one attached hydrogen (secondary N) is 1. The van der Waals surface area contributed by atoms with Crippen molar-refractivity contribution in [1.82, 2.24) is 24.9 Å². The third kappa shape index (κ3) is 3.13. The van der Waals surface area contributed by atoms with Gasteiger partial charge in [0, 0.05) is 25.2 Å². The Hall–Kier alpha value is -2.36. The van der Waals surface area contributed by atoms with E-state index >= 15 is 0 Å². The summed E-state index contributed by atoms with van der Waals surface area (Å²) in [6.07, 6.45) is -2.92. The summed E-state index contributed by atoms with van der Waals surface area (Å²) in [6.45, 7) is 4.39. The first-order chi connectivity index (χ1) is 11.7. The van der Waals surface area contributed by atoms with Crippen LogP contribution in [-0.2, 0) is 19.8 Å². The predicted octanol–water partition coefficient (Wildman–Crippen LogP) is 3.36. The van der Waals surface area contributed by atoms with E-state index in [1.54, 1.807) is 23.9 Å². The number of fused-ring (bicyclic) bond motifs is 1. The fourth-order valence-corrected chi connectivity index (χ4v) is 3.65. The Morgan fingerprint density at radius 1 is 1.44 bits per heavy atom. The van der Waals surface area contributed by atoms with Crippen LogP contribution in [0.1, 0.15) is 40.9 Å². The summed E-state index contributed by atoms with van der Waals surface area (Å²) in [4.78, 5) is 13.0. The van der Waals surface area contributed by atoms with E-state index in [1.807, 2.05) is 6.92 Å². The number of thiophene rings is 1. The molecule has 0 aromatic carbocycles. The minimum absolute atomic E-state index is 0.0589. The maximum absolute atomic E-state index is 13.0. The number of amides is 1. The molecule has 0 saturated heterocycles. The van der Waals surface area contributed by atoms with Crippen molar-refractivity contribution >= 4 is 27.5 Å². The van der Waals surface area contributed by atoms with Gasteiger partial charge in [-0.1, -0.05) is 0 Å². The first-order valence-corrected chi connectivity index (χ1v) is 8.40. The number of hydrogen-bond acceptors (Lipinski definition) is 4. The predicted molar refractivity (Wildman–Crippen MR) is 87.4 cm³/mol. The molecule has 0 spiro atoms. The van der Waals surface area contributed by atoms with Crippen molar-refractivity contribution < 1.29 is 18.0 Å². The summed E-state index contributed by atoms with van der Waals surface area (Å²) in [6, 6.07) is 2.72. The van der Waals surface area contributed by atoms with E-state index in [9.17, 15) is 18.0 Å². The molecule has 1 amide bonds. The van der Waals surface area contributed by atoms with Crippen LogP contribution in [-0.4, -0.2) is 25.5 Å². The SMILES string of the molecule is CCn1nccc1[C@H](C)NC(=O)c1cc2c(C(F)(F)F)nn(C)c2s1. The van der Waals surface area contributed by atoms with Gasteiger partial charge in [-0.15, -0.1) is 11.3 Å². The summed E-state index contributed by atoms with van der Waals surface area (Å²) in [5.41, 5.74) is -0.146. The number of rotatable bonds is 4. The van der Waals surface area contributed by atoms with E-state index < -0.39 is 17.8 Å². The molecule has 0 aliphatic heterocycles. The van der Waals surface area contributed by atoms with Gasteiger partial charge in [-0.3, -0.25) is 14.2 Å². The molecule has 3 aromatic rings. The fraction of sp³-hybridized carbons (Fsp3) is 0.400. The number of nitrogens with zero attached hydrogens (tertiary/aromatic N) is 4. The van der Waals surface area contributed by atoms with Gasteiger partial charge in [0.15, 0.2) is 5.69 Å². The lowest BCUT2D eigenvalue weighted by Crippen LogP contribution is -2.27. The van der Waals surface area contributed by atoms with E-state index in [2.05, 4.69) is 15.5 Å². The van der Waals surface area contributed by atoms with Crippen LogP contribution in [0.2, 0.25) is 0 Å². The van der Waals surface area contributed by atoms with Crippen LogP contribution in [0.15, 0.2) is 18.3 Å². The largest absolute Gasteiger partial charge is 0.435 e. The third-order valence-corrected chi connectivity index (χ3v) is 5.04. The smallest absolute Gasteiger partial charge is 0.343 e. The molecule has 0 saturated carbocycles. The summed E-state index contributed by atoms with van der Waals surface area (Å²) in [5, 5.41) is 10.4. The van der Waals surface area contributed by atoms with Gasteiger partial charge in [-0.2, -0.15) is 23.4 Å². The zero-order valence-corrected chi connectivity index (χ0v) is 14.6. The summed E-state index contributed by atoms with van der Waals surface area (Å²) in [5.74, 6) is -0.425. The minimum Gasteiger partial charge on any atom is -0.343 e. The Kier molecular flexibility index (Phi) is 4.31. The van der Waals surface area contributed by atoms with Crippen LogP contribution in [0, 0.1) is 0 Å². The summed E-state index contributed by atoms with van der Waals surface area (Å²) in [7, 11) is 1.43. The Balaban J connectivity index is 1.88. The Morgan fingerprint density at radius 2 is 2.16 bits per heavy atom. The third-order valence-electron chi connectivity index (χ3n) is 3.84. The quantitative estimate of drug-likeness (QED) is 0.765. The molecule has 6 nitrogen and oxygen atoms in total. The van der Waals surface area contributed by atoms with Crippen LogP contribution in [0.25, 0.3) is 10.2 Å². The van der Waals surface area contributed by atoms with Crippen molar-refractivity contribution in [1.29, 1.82) is 0 Å². The number of halogens is 3. The molecule has 10 heteroatoms. The maximum atomic E-state index is 13.0. The van der Waals surface area contributed by atoms with Crippen LogP contribution < -0.4 is 5.32 Å². The number of hydrogen-bond donors (Lipinski definition) is 1. The zero-order chi connectivity index (χ0) is 18.4. The Bertz CT molecular complexity index is 924. The Labute approximate surface area is 145 Å². The highest BCUT2D eigenvalue weighted by Crippen LogP contribution is 2.37. The highest BCUT2D eigenvalue weighted by Gasteiger charge is 2.37. The van der Waals surface area contributed by atoms with Crippen molar-refractivity contribution in [3.05, 3.63) is 34.6 Å². The van der Waals surface area contributed by atoms with Gasteiger partial charge < -0.3 is 5.32 Å². The first kappa shape index (κ1) is 17.5. The average Bonchev–Trinajstić information content (AvgIpc) is 3.22. The number of aryl methyl sites for hydroxylation is 2. The second kappa shape index (κ2) is 6.17. The van der Waals surface area contributed by atoms with E-state index in [-0.39, 0.29) is 16.3 Å². The Morgan fingerprint density at radius 3 is 2.80 bits per heavy atom. The van der Waals surface area contributed by atoms with Gasteiger partial charge in [0.25, 0.3) is 5.91 Å². The lowest BCUT2D eigenvalue weighted by Gasteiger charge is -2.14. The number of carbonyl (C=O) groups is 1. The molecular formula is C15H16F3N5OS. The van der Waals surface area contributed by atoms with Gasteiger partial charge in [0.1, 0.15) is 4.83 Å². The normalized spacial score (nSPS) is 13.4. The highest BCUT2D eigenvalue weighted by atomic mass is 32.1. The molecule has 1 atom stereocenters. The molecule has 3 aromatic heterocycles. The second-order valence-electron chi connectivity index (χ2n) is 5.57. The van der Waals surface area contributed by atoms with Crippen molar-refractivity contribution in [2.75, 3.05) is 0 Å². The molecule has 134 valence electrons. The highest BCUT2D eigenvalue weighted by molar-refractivity contribution is 7.20. The fourth-order valence-electron chi connectivity index (χ4n) is 2.68. The van der Waals surface area contributed by atoms with Crippen LogP contribution in [0.3, 0.4) is 0 Å². The molecule has 0 aliphatic rings. The average molecular weight is 371 g/mol. The topological polar surface area (TPSA) is 64.7 Å². The van der Waals surface area contributed by atoms with E-state index in [0.717, 1.165) is 21.7 Å². The van der Waals surface area contributed by atoms with Crippen LogP contribution in [0.5, 0.6) is 0 Å². The number of aromatic nitrogens is 4. The molecule has 1 N–H and O–H groups in total. The van der Waals surface area contributed by atoms with Crippen molar-refractivity contribution in [3.8, 4) is 0 Å². The van der Waals surface area contributed by atoms with E-state index in [0.29, 0.717) is 11.4 Å². The summed E-state index contributed by atoms with van der Waals surface area (Å²) < 4.78 is 42.0. The molecule has 25 heavy (non-hydrogen) atoms. The molecule has 0 radical (unpaired) electrons. The lowest BCUT2D eigenvalue weighted by atomic mass is 10.2. The standard InChI is InChI=1S/C15H16F3N5OS/c1-4-23-10(5-6-19-23)8(2)20-13(24)11-7-9-12(15(16,17)18)21-22(3)14(9)25-11/h5-8H,4H2,1-3H3,(H,20,24)/t8-/m0/s1. The van der Waals surface area contributed by atoms with Gasteiger partial charge in [0.2, 0.25) is 0 Å². The van der Waals surface area contributed by atoms with Gasteiger partial charge in [0.05, 0.1) is 16.6 Å². The van der Waals surface area contributed by atoms with Crippen LogP contribution >= 0.6 is 11.3 Å². The number of carbonyl (C=O) groups excluding carboxylic acids is 1. The number of alkyl halides is 3. The molecule has 0 bridgehead atoms. The van der Waals surface area contributed by atoms with Crippen molar-refractivity contribution in [3.63, 3.8) is 0 Å². The zero-order valence-electron chi connectivity index (χ0n) is 13.8. The van der Waals surface area contributed by atoms with Crippen molar-refractivity contribution in [2.24, 2.45) is 7.05 Å².